The average Bonchev–Trinajstić information content (AvgIpc) is 2.41. The second-order valence-electron chi connectivity index (χ2n) is 5.19. The predicted octanol–water partition coefficient (Wildman–Crippen LogP) is 4.24. The Morgan fingerprint density at radius 2 is 2.00 bits per heavy atom. The Morgan fingerprint density at radius 3 is 2.72 bits per heavy atom. The summed E-state index contributed by atoms with van der Waals surface area (Å²) in [7, 11) is 0. The molecule has 1 aromatic rings. The van der Waals surface area contributed by atoms with Crippen molar-refractivity contribution < 1.29 is 9.53 Å². The van der Waals surface area contributed by atoms with Gasteiger partial charge < -0.3 is 4.74 Å². The summed E-state index contributed by atoms with van der Waals surface area (Å²) in [6, 6.07) is 7.63. The first-order valence-corrected chi connectivity index (χ1v) is 7.01. The van der Waals surface area contributed by atoms with E-state index in [0.29, 0.717) is 12.3 Å². The second-order valence-corrected chi connectivity index (χ2v) is 5.19. The molecule has 0 radical (unpaired) electrons. The number of ketones is 1. The number of ether oxygens (including phenoxy) is 1. The van der Waals surface area contributed by atoms with Crippen LogP contribution in [0.3, 0.4) is 0 Å². The number of carbonyl (C=O) groups excluding carboxylic acids is 1. The summed E-state index contributed by atoms with van der Waals surface area (Å²) in [5.41, 5.74) is 0.734. The molecule has 1 aliphatic rings. The molecule has 2 heteroatoms. The lowest BCUT2D eigenvalue weighted by Gasteiger charge is -2.29. The highest BCUT2D eigenvalue weighted by atomic mass is 16.5. The molecule has 0 bridgehead atoms. The van der Waals surface area contributed by atoms with Crippen LogP contribution in [0.1, 0.15) is 56.3 Å². The highest BCUT2D eigenvalue weighted by molar-refractivity contribution is 5.98. The van der Waals surface area contributed by atoms with Gasteiger partial charge in [0.05, 0.1) is 5.56 Å². The average molecular weight is 246 g/mol. The smallest absolute Gasteiger partial charge is 0.166 e. The van der Waals surface area contributed by atoms with E-state index in [2.05, 4.69) is 6.92 Å². The van der Waals surface area contributed by atoms with Crippen LogP contribution in [0, 0.1) is 5.92 Å². The van der Waals surface area contributed by atoms with Gasteiger partial charge in [-0.15, -0.1) is 0 Å². The molecule has 0 spiro atoms. The molecule has 2 rings (SSSR count). The van der Waals surface area contributed by atoms with Gasteiger partial charge in [0.15, 0.2) is 5.78 Å². The van der Waals surface area contributed by atoms with Gasteiger partial charge in [-0.05, 0) is 37.3 Å². The summed E-state index contributed by atoms with van der Waals surface area (Å²) in [4.78, 5) is 11.9. The fraction of sp³-hybridized carbons (Fsp3) is 0.562. The molecule has 0 aromatic heterocycles. The number of hydrogen-bond acceptors (Lipinski definition) is 2. The molecule has 1 saturated carbocycles. The number of benzene rings is 1. The van der Waals surface area contributed by atoms with Crippen LogP contribution in [0.15, 0.2) is 24.3 Å². The zero-order chi connectivity index (χ0) is 13.0. The van der Waals surface area contributed by atoms with E-state index in [0.717, 1.165) is 17.7 Å². The number of carbonyl (C=O) groups is 1. The van der Waals surface area contributed by atoms with Crippen LogP contribution in [0.5, 0.6) is 5.75 Å². The quantitative estimate of drug-likeness (QED) is 0.743. The number of hydrogen-bond donors (Lipinski definition) is 0. The highest BCUT2D eigenvalue weighted by Crippen LogP contribution is 2.30. The molecular formula is C16H22O2. The topological polar surface area (TPSA) is 26.3 Å². The summed E-state index contributed by atoms with van der Waals surface area (Å²) in [6.07, 6.45) is 5.67. The lowest BCUT2D eigenvalue weighted by atomic mass is 9.88. The van der Waals surface area contributed by atoms with E-state index in [4.69, 9.17) is 4.74 Å². The Balaban J connectivity index is 2.15. The van der Waals surface area contributed by atoms with Crippen molar-refractivity contribution in [1.29, 1.82) is 0 Å². The van der Waals surface area contributed by atoms with Gasteiger partial charge in [-0.25, -0.2) is 0 Å². The molecule has 1 aromatic carbocycles. The first-order valence-electron chi connectivity index (χ1n) is 7.01. The van der Waals surface area contributed by atoms with Crippen LogP contribution in [0.2, 0.25) is 0 Å². The largest absolute Gasteiger partial charge is 0.489 e. The minimum absolute atomic E-state index is 0.161. The maximum absolute atomic E-state index is 11.9. The van der Waals surface area contributed by atoms with Crippen molar-refractivity contribution >= 4 is 5.78 Å². The van der Waals surface area contributed by atoms with Crippen molar-refractivity contribution in [3.63, 3.8) is 0 Å². The molecule has 0 N–H and O–H groups in total. The van der Waals surface area contributed by atoms with Crippen molar-refractivity contribution in [2.45, 2.75) is 52.1 Å². The molecule has 0 saturated heterocycles. The van der Waals surface area contributed by atoms with Crippen molar-refractivity contribution in [2.75, 3.05) is 0 Å². The molecular weight excluding hydrogens is 224 g/mol. The van der Waals surface area contributed by atoms with Gasteiger partial charge in [-0.2, -0.15) is 0 Å². The first-order chi connectivity index (χ1) is 8.72. The van der Waals surface area contributed by atoms with E-state index in [1.54, 1.807) is 0 Å². The molecule has 18 heavy (non-hydrogen) atoms. The normalized spacial score (nSPS) is 23.7. The van der Waals surface area contributed by atoms with Crippen LogP contribution < -0.4 is 4.74 Å². The van der Waals surface area contributed by atoms with E-state index in [1.807, 2.05) is 31.2 Å². The number of Topliss-reactive ketones (excluding diaryl/α,β-unsaturated/α-hetero) is 1. The maximum Gasteiger partial charge on any atom is 0.166 e. The molecule has 2 nitrogen and oxygen atoms in total. The standard InChI is InChI=1S/C16H22O2/c1-3-14(17)13-9-5-7-11-16(13)18-15-10-6-4-8-12(15)2/h5,7,9,11-12,15H,3-4,6,8,10H2,1-2H3. The predicted molar refractivity (Wildman–Crippen MR) is 73.1 cm³/mol. The molecule has 1 fully saturated rings. The summed E-state index contributed by atoms with van der Waals surface area (Å²) in [5, 5.41) is 0. The zero-order valence-corrected chi connectivity index (χ0v) is 11.3. The Bertz CT molecular complexity index is 411. The van der Waals surface area contributed by atoms with Gasteiger partial charge in [0, 0.05) is 6.42 Å². The minimum Gasteiger partial charge on any atom is -0.489 e. The number of para-hydroxylation sites is 1. The van der Waals surface area contributed by atoms with E-state index < -0.39 is 0 Å². The highest BCUT2D eigenvalue weighted by Gasteiger charge is 2.24. The molecule has 0 aliphatic heterocycles. The third-order valence-electron chi connectivity index (χ3n) is 3.82. The summed E-state index contributed by atoms with van der Waals surface area (Å²) in [6.45, 7) is 4.14. The molecule has 0 amide bonds. The van der Waals surface area contributed by atoms with Crippen molar-refractivity contribution in [3.8, 4) is 5.75 Å². The van der Waals surface area contributed by atoms with E-state index in [-0.39, 0.29) is 11.9 Å². The van der Waals surface area contributed by atoms with Crippen LogP contribution in [0.4, 0.5) is 0 Å². The molecule has 0 heterocycles. The van der Waals surface area contributed by atoms with Crippen molar-refractivity contribution in [1.82, 2.24) is 0 Å². The van der Waals surface area contributed by atoms with Gasteiger partial charge in [-0.3, -0.25) is 4.79 Å². The third kappa shape index (κ3) is 2.92. The first kappa shape index (κ1) is 13.1. The minimum atomic E-state index is 0.161. The molecule has 2 unspecified atom stereocenters. The number of rotatable bonds is 4. The Hall–Kier alpha value is -1.31. The molecule has 98 valence electrons. The second kappa shape index (κ2) is 6.03. The fourth-order valence-corrected chi connectivity index (χ4v) is 2.61. The van der Waals surface area contributed by atoms with Gasteiger partial charge in [0.2, 0.25) is 0 Å². The van der Waals surface area contributed by atoms with E-state index in [1.165, 1.54) is 19.3 Å². The maximum atomic E-state index is 11.9. The van der Waals surface area contributed by atoms with Gasteiger partial charge >= 0.3 is 0 Å². The Kier molecular flexibility index (Phi) is 4.40. The monoisotopic (exact) mass is 246 g/mol. The van der Waals surface area contributed by atoms with Gasteiger partial charge in [0.25, 0.3) is 0 Å². The molecule has 2 atom stereocenters. The fourth-order valence-electron chi connectivity index (χ4n) is 2.61. The zero-order valence-electron chi connectivity index (χ0n) is 11.3. The summed E-state index contributed by atoms with van der Waals surface area (Å²) < 4.78 is 6.10. The Morgan fingerprint density at radius 1 is 1.28 bits per heavy atom. The van der Waals surface area contributed by atoms with Gasteiger partial charge in [0.1, 0.15) is 11.9 Å². The lowest BCUT2D eigenvalue weighted by molar-refractivity contribution is 0.0926. The third-order valence-corrected chi connectivity index (χ3v) is 3.82. The molecule has 1 aliphatic carbocycles. The summed E-state index contributed by atoms with van der Waals surface area (Å²) in [5.74, 6) is 1.51. The van der Waals surface area contributed by atoms with Crippen LogP contribution in [0.25, 0.3) is 0 Å². The van der Waals surface area contributed by atoms with Gasteiger partial charge in [-0.1, -0.05) is 32.4 Å². The van der Waals surface area contributed by atoms with Crippen LogP contribution >= 0.6 is 0 Å². The van der Waals surface area contributed by atoms with Crippen LogP contribution in [-0.2, 0) is 0 Å². The SMILES string of the molecule is CCC(=O)c1ccccc1OC1CCCCC1C. The van der Waals surface area contributed by atoms with Crippen LogP contribution in [-0.4, -0.2) is 11.9 Å². The van der Waals surface area contributed by atoms with Crippen molar-refractivity contribution in [3.05, 3.63) is 29.8 Å². The summed E-state index contributed by atoms with van der Waals surface area (Å²) >= 11 is 0. The van der Waals surface area contributed by atoms with Crippen molar-refractivity contribution in [2.24, 2.45) is 5.92 Å². The lowest BCUT2D eigenvalue weighted by Crippen LogP contribution is -2.28. The Labute approximate surface area is 109 Å². The van der Waals surface area contributed by atoms with E-state index in [9.17, 15) is 4.79 Å². The van der Waals surface area contributed by atoms with E-state index >= 15 is 0 Å².